The number of nitrogens with zero attached hydrogens (tertiary/aromatic N) is 3. The minimum Gasteiger partial charge on any atom is -0.496 e. The van der Waals surface area contributed by atoms with Crippen molar-refractivity contribution in [1.29, 1.82) is 0 Å². The van der Waals surface area contributed by atoms with E-state index in [4.69, 9.17) is 24.2 Å². The molecule has 1 heterocycles. The van der Waals surface area contributed by atoms with Crippen molar-refractivity contribution in [2.75, 3.05) is 52.2 Å². The molecule has 0 radical (unpaired) electrons. The molecule has 188 valence electrons. The van der Waals surface area contributed by atoms with E-state index in [1.807, 2.05) is 49.3 Å². The summed E-state index contributed by atoms with van der Waals surface area (Å²) < 4.78 is 16.4. The first-order valence-corrected chi connectivity index (χ1v) is 12.2. The van der Waals surface area contributed by atoms with Crippen LogP contribution in [0, 0.1) is 5.92 Å². The zero-order valence-electron chi connectivity index (χ0n) is 21.4. The number of ether oxygens (including phenoxy) is 3. The second kappa shape index (κ2) is 11.4. The summed E-state index contributed by atoms with van der Waals surface area (Å²) in [5.74, 6) is 4.50. The molecule has 0 unspecified atom stereocenters. The normalized spacial score (nSPS) is 17.7. The molecular weight excluding hydrogens is 442 g/mol. The van der Waals surface area contributed by atoms with Gasteiger partial charge < -0.3 is 29.7 Å². The van der Waals surface area contributed by atoms with E-state index in [0.717, 1.165) is 59.9 Å². The number of aromatic nitrogens is 2. The van der Waals surface area contributed by atoms with Gasteiger partial charge in [-0.15, -0.1) is 0 Å². The Hall–Kier alpha value is -3.26. The number of hydrogen-bond donors (Lipinski definition) is 2. The first kappa shape index (κ1) is 24.9. The highest BCUT2D eigenvalue weighted by Gasteiger charge is 2.22. The predicted molar refractivity (Wildman–Crippen MR) is 141 cm³/mol. The van der Waals surface area contributed by atoms with E-state index < -0.39 is 0 Å². The fourth-order valence-electron chi connectivity index (χ4n) is 4.80. The van der Waals surface area contributed by atoms with Gasteiger partial charge in [0, 0.05) is 43.7 Å². The number of nitrogens with one attached hydrogen (secondary N) is 2. The summed E-state index contributed by atoms with van der Waals surface area (Å²) in [5, 5.41) is 8.28. The highest BCUT2D eigenvalue weighted by molar-refractivity contribution is 5.90. The van der Waals surface area contributed by atoms with Crippen LogP contribution >= 0.6 is 0 Å². The summed E-state index contributed by atoms with van der Waals surface area (Å²) in [4.78, 5) is 11.6. The van der Waals surface area contributed by atoms with Crippen LogP contribution in [0.3, 0.4) is 0 Å². The van der Waals surface area contributed by atoms with E-state index in [1.165, 1.54) is 12.8 Å². The second-order valence-corrected chi connectivity index (χ2v) is 9.29. The van der Waals surface area contributed by atoms with Gasteiger partial charge in [-0.05, 0) is 56.3 Å². The van der Waals surface area contributed by atoms with Gasteiger partial charge in [0.05, 0.1) is 26.8 Å². The lowest BCUT2D eigenvalue weighted by atomic mass is 9.86. The molecule has 3 aromatic rings. The van der Waals surface area contributed by atoms with E-state index >= 15 is 0 Å². The van der Waals surface area contributed by atoms with Gasteiger partial charge in [0.25, 0.3) is 0 Å². The van der Waals surface area contributed by atoms with Gasteiger partial charge in [-0.2, -0.15) is 4.98 Å². The van der Waals surface area contributed by atoms with Crippen molar-refractivity contribution >= 4 is 22.7 Å². The van der Waals surface area contributed by atoms with Crippen LogP contribution in [0.4, 0.5) is 11.8 Å². The van der Waals surface area contributed by atoms with Crippen LogP contribution in [0.5, 0.6) is 17.2 Å². The standard InChI is InChI=1S/C27H37N5O3/c1-32(2)26-21-8-6-7-9-22(21)30-27(31-26)29-20-12-10-18(11-13-20)16-28-17-19-14-24(34-4)25(35-5)15-23(19)33-3/h6-9,14-15,18,20,28H,10-13,16-17H2,1-5H3,(H,29,30,31). The van der Waals surface area contributed by atoms with Crippen LogP contribution < -0.4 is 29.7 Å². The fraction of sp³-hybridized carbons (Fsp3) is 0.481. The molecule has 0 saturated heterocycles. The third-order valence-corrected chi connectivity index (χ3v) is 6.72. The molecule has 0 spiro atoms. The topological polar surface area (TPSA) is 80.8 Å². The Morgan fingerprint density at radius 1 is 0.886 bits per heavy atom. The lowest BCUT2D eigenvalue weighted by Gasteiger charge is -2.29. The van der Waals surface area contributed by atoms with Gasteiger partial charge in [-0.1, -0.05) is 12.1 Å². The number of fused-ring (bicyclic) bond motifs is 1. The molecule has 1 aliphatic carbocycles. The van der Waals surface area contributed by atoms with Crippen LogP contribution in [-0.2, 0) is 6.54 Å². The van der Waals surface area contributed by atoms with Crippen molar-refractivity contribution in [2.45, 2.75) is 38.3 Å². The zero-order chi connectivity index (χ0) is 24.8. The number of anilines is 2. The Kier molecular flexibility index (Phi) is 8.13. The number of rotatable bonds is 10. The molecule has 8 heteroatoms. The Morgan fingerprint density at radius 2 is 1.57 bits per heavy atom. The zero-order valence-corrected chi connectivity index (χ0v) is 21.4. The van der Waals surface area contributed by atoms with Crippen LogP contribution in [0.25, 0.3) is 10.9 Å². The lowest BCUT2D eigenvalue weighted by molar-refractivity contribution is 0.321. The van der Waals surface area contributed by atoms with Gasteiger partial charge >= 0.3 is 0 Å². The highest BCUT2D eigenvalue weighted by Crippen LogP contribution is 2.35. The molecule has 8 nitrogen and oxygen atoms in total. The van der Waals surface area contributed by atoms with Crippen LogP contribution in [0.1, 0.15) is 31.2 Å². The van der Waals surface area contributed by atoms with Gasteiger partial charge in [0.1, 0.15) is 11.6 Å². The summed E-state index contributed by atoms with van der Waals surface area (Å²) in [6, 6.07) is 12.4. The van der Waals surface area contributed by atoms with Gasteiger partial charge in [0.15, 0.2) is 11.5 Å². The van der Waals surface area contributed by atoms with E-state index in [1.54, 1.807) is 21.3 Å². The minimum atomic E-state index is 0.397. The van der Waals surface area contributed by atoms with E-state index in [0.29, 0.717) is 23.5 Å². The maximum atomic E-state index is 5.55. The van der Waals surface area contributed by atoms with Crippen molar-refractivity contribution < 1.29 is 14.2 Å². The molecule has 2 N–H and O–H groups in total. The SMILES string of the molecule is COc1cc(OC)c(OC)cc1CNCC1CCC(Nc2nc(N(C)C)c3ccccc3n2)CC1. The summed E-state index contributed by atoms with van der Waals surface area (Å²) in [5.41, 5.74) is 2.03. The van der Waals surface area contributed by atoms with Crippen molar-refractivity contribution in [2.24, 2.45) is 5.92 Å². The molecule has 0 amide bonds. The van der Waals surface area contributed by atoms with Crippen molar-refractivity contribution in [3.63, 3.8) is 0 Å². The van der Waals surface area contributed by atoms with Crippen molar-refractivity contribution in [3.8, 4) is 17.2 Å². The molecule has 1 saturated carbocycles. The molecular formula is C27H37N5O3. The Balaban J connectivity index is 1.30. The minimum absolute atomic E-state index is 0.397. The van der Waals surface area contributed by atoms with Crippen LogP contribution in [0.15, 0.2) is 36.4 Å². The molecule has 1 aromatic heterocycles. The molecule has 4 rings (SSSR count). The summed E-state index contributed by atoms with van der Waals surface area (Å²) in [7, 11) is 9.01. The fourth-order valence-corrected chi connectivity index (χ4v) is 4.80. The average molecular weight is 480 g/mol. The number of para-hydroxylation sites is 1. The third-order valence-electron chi connectivity index (χ3n) is 6.72. The van der Waals surface area contributed by atoms with Crippen molar-refractivity contribution in [3.05, 3.63) is 42.0 Å². The highest BCUT2D eigenvalue weighted by atomic mass is 16.5. The third kappa shape index (κ3) is 5.88. The van der Waals surface area contributed by atoms with E-state index in [2.05, 4.69) is 16.7 Å². The number of hydrogen-bond acceptors (Lipinski definition) is 8. The predicted octanol–water partition coefficient (Wildman–Crippen LogP) is 4.48. The quantitative estimate of drug-likeness (QED) is 0.441. The summed E-state index contributed by atoms with van der Waals surface area (Å²) in [6.07, 6.45) is 4.56. The Morgan fingerprint density at radius 3 is 2.26 bits per heavy atom. The number of methoxy groups -OCH3 is 3. The Bertz CT molecular complexity index is 1130. The van der Waals surface area contributed by atoms with E-state index in [-0.39, 0.29) is 0 Å². The maximum Gasteiger partial charge on any atom is 0.225 e. The van der Waals surface area contributed by atoms with Crippen LogP contribution in [-0.4, -0.2) is 58.0 Å². The molecule has 1 aliphatic rings. The smallest absolute Gasteiger partial charge is 0.225 e. The van der Waals surface area contributed by atoms with Gasteiger partial charge in [0.2, 0.25) is 5.95 Å². The largest absolute Gasteiger partial charge is 0.496 e. The first-order valence-electron chi connectivity index (χ1n) is 12.2. The molecule has 2 aromatic carbocycles. The monoisotopic (exact) mass is 479 g/mol. The summed E-state index contributed by atoms with van der Waals surface area (Å²) >= 11 is 0. The van der Waals surface area contributed by atoms with Crippen molar-refractivity contribution in [1.82, 2.24) is 15.3 Å². The number of benzene rings is 2. The first-order chi connectivity index (χ1) is 17.0. The van der Waals surface area contributed by atoms with Gasteiger partial charge in [-0.25, -0.2) is 4.98 Å². The average Bonchev–Trinajstić information content (AvgIpc) is 2.88. The second-order valence-electron chi connectivity index (χ2n) is 9.29. The van der Waals surface area contributed by atoms with E-state index in [9.17, 15) is 0 Å². The molecule has 1 fully saturated rings. The molecule has 0 aliphatic heterocycles. The molecule has 0 bridgehead atoms. The van der Waals surface area contributed by atoms with Crippen LogP contribution in [0.2, 0.25) is 0 Å². The van der Waals surface area contributed by atoms with Gasteiger partial charge in [-0.3, -0.25) is 0 Å². The molecule has 0 atom stereocenters. The summed E-state index contributed by atoms with van der Waals surface area (Å²) in [6.45, 7) is 1.70. The lowest BCUT2D eigenvalue weighted by Crippen LogP contribution is -2.31. The maximum absolute atomic E-state index is 5.55. The molecule has 35 heavy (non-hydrogen) atoms. The Labute approximate surface area is 208 Å².